The Hall–Kier alpha value is -1.97. The van der Waals surface area contributed by atoms with E-state index in [1.54, 1.807) is 13.8 Å². The minimum atomic E-state index is -3.76. The predicted octanol–water partition coefficient (Wildman–Crippen LogP) is 0.820. The molecule has 0 unspecified atom stereocenters. The lowest BCUT2D eigenvalue weighted by Crippen LogP contribution is -2.48. The van der Waals surface area contributed by atoms with Crippen LogP contribution in [0, 0.1) is 0 Å². The number of ether oxygens (including phenoxy) is 1. The van der Waals surface area contributed by atoms with E-state index >= 15 is 0 Å². The van der Waals surface area contributed by atoms with Crippen molar-refractivity contribution in [3.63, 3.8) is 0 Å². The minimum absolute atomic E-state index is 0.0393. The molecule has 1 aliphatic heterocycles. The first-order valence-electron chi connectivity index (χ1n) is 8.87. The second-order valence-corrected chi connectivity index (χ2v) is 9.04. The lowest BCUT2D eigenvalue weighted by Gasteiger charge is -2.34. The van der Waals surface area contributed by atoms with Gasteiger partial charge in [0.1, 0.15) is 0 Å². The molecular formula is C18H27N3O5S. The van der Waals surface area contributed by atoms with Gasteiger partial charge in [0, 0.05) is 24.7 Å². The number of rotatable bonds is 6. The number of hydrogen-bond acceptors (Lipinski definition) is 5. The second kappa shape index (κ2) is 8.37. The average Bonchev–Trinajstić information content (AvgIpc) is 2.58. The molecule has 2 atom stereocenters. The normalized spacial score (nSPS) is 21.2. The largest absolute Gasteiger partial charge is 0.373 e. The van der Waals surface area contributed by atoms with Crippen LogP contribution in [0.3, 0.4) is 0 Å². The lowest BCUT2D eigenvalue weighted by molar-refractivity contribution is -0.119. The molecule has 2 rings (SSSR count). The third kappa shape index (κ3) is 5.06. The molecule has 1 aliphatic rings. The van der Waals surface area contributed by atoms with E-state index in [-0.39, 0.29) is 48.3 Å². The highest BCUT2D eigenvalue weighted by Crippen LogP contribution is 2.22. The van der Waals surface area contributed by atoms with E-state index in [2.05, 4.69) is 0 Å². The van der Waals surface area contributed by atoms with Crippen LogP contribution in [0.25, 0.3) is 0 Å². The van der Waals surface area contributed by atoms with Crippen molar-refractivity contribution in [1.82, 2.24) is 9.21 Å². The van der Waals surface area contributed by atoms with Gasteiger partial charge in [-0.1, -0.05) is 6.07 Å². The zero-order valence-electron chi connectivity index (χ0n) is 16.1. The van der Waals surface area contributed by atoms with E-state index in [4.69, 9.17) is 10.5 Å². The summed E-state index contributed by atoms with van der Waals surface area (Å²) in [7, 11) is -3.76. The first-order chi connectivity index (χ1) is 12.5. The number of hydrogen-bond donors (Lipinski definition) is 1. The number of amides is 2. The van der Waals surface area contributed by atoms with Gasteiger partial charge in [-0.2, -0.15) is 4.31 Å². The molecule has 2 N–H and O–H groups in total. The molecule has 1 aromatic rings. The van der Waals surface area contributed by atoms with Crippen LogP contribution in [0.5, 0.6) is 0 Å². The van der Waals surface area contributed by atoms with Crippen molar-refractivity contribution < 1.29 is 22.7 Å². The Morgan fingerprint density at radius 3 is 2.37 bits per heavy atom. The van der Waals surface area contributed by atoms with Crippen molar-refractivity contribution >= 4 is 21.8 Å². The van der Waals surface area contributed by atoms with Crippen molar-refractivity contribution in [2.75, 3.05) is 19.6 Å². The zero-order valence-corrected chi connectivity index (χ0v) is 16.9. The average molecular weight is 397 g/mol. The van der Waals surface area contributed by atoms with Gasteiger partial charge in [-0.25, -0.2) is 8.42 Å². The van der Waals surface area contributed by atoms with E-state index < -0.39 is 21.8 Å². The Labute approximate surface area is 160 Å². The van der Waals surface area contributed by atoms with Crippen molar-refractivity contribution in [3.05, 3.63) is 29.8 Å². The summed E-state index contributed by atoms with van der Waals surface area (Å²) < 4.78 is 33.0. The number of nitrogens with zero attached hydrogens (tertiary/aromatic N) is 2. The smallest absolute Gasteiger partial charge is 0.254 e. The van der Waals surface area contributed by atoms with Gasteiger partial charge in [0.2, 0.25) is 15.9 Å². The summed E-state index contributed by atoms with van der Waals surface area (Å²) in [4.78, 5) is 25.4. The Bertz CT molecular complexity index is 799. The molecule has 0 aromatic heterocycles. The summed E-state index contributed by atoms with van der Waals surface area (Å²) in [5.74, 6) is -1.07. The summed E-state index contributed by atoms with van der Waals surface area (Å²) in [6.45, 7) is 7.45. The molecular weight excluding hydrogens is 370 g/mol. The van der Waals surface area contributed by atoms with Gasteiger partial charge in [0.25, 0.3) is 5.91 Å². The molecule has 8 nitrogen and oxygen atoms in total. The number of carbonyl (C=O) groups is 2. The third-order valence-corrected chi connectivity index (χ3v) is 6.14. The van der Waals surface area contributed by atoms with E-state index in [0.29, 0.717) is 0 Å². The summed E-state index contributed by atoms with van der Waals surface area (Å²) in [6.07, 6.45) is -0.416. The number of primary amides is 1. The lowest BCUT2D eigenvalue weighted by atomic mass is 10.1. The van der Waals surface area contributed by atoms with Crippen molar-refractivity contribution in [1.29, 1.82) is 0 Å². The maximum atomic E-state index is 13.0. The highest BCUT2D eigenvalue weighted by atomic mass is 32.2. The van der Waals surface area contributed by atoms with Gasteiger partial charge >= 0.3 is 0 Å². The summed E-state index contributed by atoms with van der Waals surface area (Å²) >= 11 is 0. The van der Waals surface area contributed by atoms with Gasteiger partial charge in [0.05, 0.1) is 23.6 Å². The van der Waals surface area contributed by atoms with Crippen LogP contribution in [-0.4, -0.2) is 67.3 Å². The third-order valence-electron chi connectivity index (χ3n) is 4.32. The fourth-order valence-electron chi connectivity index (χ4n) is 3.09. The van der Waals surface area contributed by atoms with Crippen LogP contribution in [0.4, 0.5) is 0 Å². The summed E-state index contributed by atoms with van der Waals surface area (Å²) in [5.41, 5.74) is 5.42. The van der Waals surface area contributed by atoms with Crippen molar-refractivity contribution in [2.45, 2.75) is 50.8 Å². The topological polar surface area (TPSA) is 110 Å². The van der Waals surface area contributed by atoms with E-state index in [9.17, 15) is 18.0 Å². The fraction of sp³-hybridized carbons (Fsp3) is 0.556. The van der Waals surface area contributed by atoms with Crippen LogP contribution < -0.4 is 5.73 Å². The van der Waals surface area contributed by atoms with Gasteiger partial charge in [-0.05, 0) is 45.9 Å². The molecule has 9 heteroatoms. The number of carbonyl (C=O) groups excluding carboxylic acids is 2. The maximum absolute atomic E-state index is 13.0. The van der Waals surface area contributed by atoms with Gasteiger partial charge < -0.3 is 15.4 Å². The number of sulfonamides is 1. The molecule has 0 radical (unpaired) electrons. The van der Waals surface area contributed by atoms with Crippen molar-refractivity contribution in [3.8, 4) is 0 Å². The molecule has 1 saturated heterocycles. The summed E-state index contributed by atoms with van der Waals surface area (Å²) in [5, 5.41) is 0. The fourth-order valence-corrected chi connectivity index (χ4v) is 4.73. The predicted molar refractivity (Wildman–Crippen MR) is 101 cm³/mol. The Morgan fingerprint density at radius 1 is 1.26 bits per heavy atom. The molecule has 2 amide bonds. The monoisotopic (exact) mass is 397 g/mol. The molecule has 150 valence electrons. The van der Waals surface area contributed by atoms with Crippen LogP contribution in [0.1, 0.15) is 38.1 Å². The Morgan fingerprint density at radius 2 is 1.85 bits per heavy atom. The van der Waals surface area contributed by atoms with Crippen LogP contribution in [0.15, 0.2) is 29.2 Å². The summed E-state index contributed by atoms with van der Waals surface area (Å²) in [6, 6.07) is 5.60. The van der Waals surface area contributed by atoms with Crippen molar-refractivity contribution in [2.24, 2.45) is 5.73 Å². The van der Waals surface area contributed by atoms with Gasteiger partial charge in [-0.15, -0.1) is 0 Å². The molecule has 27 heavy (non-hydrogen) atoms. The second-order valence-electron chi connectivity index (χ2n) is 7.10. The number of benzene rings is 1. The van der Waals surface area contributed by atoms with Gasteiger partial charge in [-0.3, -0.25) is 9.59 Å². The molecule has 0 spiro atoms. The first-order valence-corrected chi connectivity index (χ1v) is 10.3. The van der Waals surface area contributed by atoms with E-state index in [1.807, 2.05) is 13.8 Å². The number of morpholine rings is 1. The number of nitrogens with two attached hydrogens (primary N) is 1. The van der Waals surface area contributed by atoms with Crippen LogP contribution in [-0.2, 0) is 19.6 Å². The standard InChI is InChI=1S/C18H27N3O5S/c1-12(2)21(11-17(19)22)18(23)15-6-5-7-16(8-15)27(24,25)20-9-13(3)26-14(4)10-20/h5-8,12-14H,9-11H2,1-4H3,(H2,19,22)/t13-,14+. The maximum Gasteiger partial charge on any atom is 0.254 e. The molecule has 0 saturated carbocycles. The van der Waals surface area contributed by atoms with Gasteiger partial charge in [0.15, 0.2) is 0 Å². The quantitative estimate of drug-likeness (QED) is 0.764. The van der Waals surface area contributed by atoms with E-state index in [0.717, 1.165) is 0 Å². The minimum Gasteiger partial charge on any atom is -0.373 e. The Balaban J connectivity index is 2.33. The van der Waals surface area contributed by atoms with E-state index in [1.165, 1.54) is 33.5 Å². The zero-order chi connectivity index (χ0) is 20.4. The molecule has 1 fully saturated rings. The van der Waals surface area contributed by atoms with Crippen LogP contribution in [0.2, 0.25) is 0 Å². The first kappa shape index (κ1) is 21.3. The molecule has 1 heterocycles. The SMILES string of the molecule is CC(C)N(CC(N)=O)C(=O)c1cccc(S(=O)(=O)N2C[C@@H](C)O[C@@H](C)C2)c1. The highest BCUT2D eigenvalue weighted by molar-refractivity contribution is 7.89. The van der Waals surface area contributed by atoms with Crippen LogP contribution >= 0.6 is 0 Å². The Kier molecular flexibility index (Phi) is 6.61. The molecule has 0 bridgehead atoms. The molecule has 0 aliphatic carbocycles. The molecule has 1 aromatic carbocycles. The highest BCUT2D eigenvalue weighted by Gasteiger charge is 2.32.